The van der Waals surface area contributed by atoms with Crippen molar-refractivity contribution >= 4 is 23.3 Å². The smallest absolute Gasteiger partial charge is 0.222 e. The molecular formula is C17H23ClN2O2. The maximum absolute atomic E-state index is 12.2. The summed E-state index contributed by atoms with van der Waals surface area (Å²) in [6, 6.07) is 6.99. The van der Waals surface area contributed by atoms with E-state index < -0.39 is 0 Å². The Morgan fingerprint density at radius 3 is 2.32 bits per heavy atom. The van der Waals surface area contributed by atoms with Crippen LogP contribution >= 0.6 is 11.6 Å². The number of unbranched alkanes of at least 4 members (excludes halogenated alkanes) is 1. The second-order valence-electron chi connectivity index (χ2n) is 5.69. The first-order valence-electron chi connectivity index (χ1n) is 7.89. The number of rotatable bonds is 6. The molecule has 22 heavy (non-hydrogen) atoms. The first kappa shape index (κ1) is 17.0. The fourth-order valence-corrected chi connectivity index (χ4v) is 2.70. The number of piperazine rings is 1. The Kier molecular flexibility index (Phi) is 6.40. The van der Waals surface area contributed by atoms with E-state index >= 15 is 0 Å². The number of nitrogens with zero attached hydrogens (tertiary/aromatic N) is 2. The van der Waals surface area contributed by atoms with Crippen LogP contribution in [0.25, 0.3) is 0 Å². The molecule has 0 spiro atoms. The van der Waals surface area contributed by atoms with Gasteiger partial charge in [-0.25, -0.2) is 0 Å². The molecule has 0 aliphatic carbocycles. The van der Waals surface area contributed by atoms with Crippen molar-refractivity contribution in [2.24, 2.45) is 0 Å². The number of benzene rings is 1. The Morgan fingerprint density at radius 2 is 1.73 bits per heavy atom. The zero-order valence-corrected chi connectivity index (χ0v) is 13.8. The molecule has 4 nitrogen and oxygen atoms in total. The van der Waals surface area contributed by atoms with Crippen LogP contribution in [0.15, 0.2) is 24.3 Å². The SMILES string of the molecule is CCCCC(=O)N1CCN(CC(=O)c2ccc(Cl)cc2)CC1. The lowest BCUT2D eigenvalue weighted by molar-refractivity contribution is -0.132. The van der Waals surface area contributed by atoms with E-state index in [-0.39, 0.29) is 11.7 Å². The van der Waals surface area contributed by atoms with Crippen LogP contribution in [0.2, 0.25) is 5.02 Å². The van der Waals surface area contributed by atoms with Crippen LogP contribution in [0, 0.1) is 0 Å². The van der Waals surface area contributed by atoms with Gasteiger partial charge in [-0.15, -0.1) is 0 Å². The maximum atomic E-state index is 12.2. The van der Waals surface area contributed by atoms with Crippen LogP contribution in [-0.4, -0.2) is 54.2 Å². The van der Waals surface area contributed by atoms with Gasteiger partial charge in [-0.05, 0) is 30.7 Å². The zero-order chi connectivity index (χ0) is 15.9. The first-order chi connectivity index (χ1) is 10.6. The minimum Gasteiger partial charge on any atom is -0.340 e. The van der Waals surface area contributed by atoms with Gasteiger partial charge in [0.2, 0.25) is 5.91 Å². The maximum Gasteiger partial charge on any atom is 0.222 e. The summed E-state index contributed by atoms with van der Waals surface area (Å²) in [6.07, 6.45) is 2.63. The molecule has 5 heteroatoms. The molecule has 1 saturated heterocycles. The van der Waals surface area contributed by atoms with E-state index in [2.05, 4.69) is 11.8 Å². The number of amides is 1. The monoisotopic (exact) mass is 322 g/mol. The number of hydrogen-bond acceptors (Lipinski definition) is 3. The summed E-state index contributed by atoms with van der Waals surface area (Å²) in [5, 5.41) is 0.635. The summed E-state index contributed by atoms with van der Waals surface area (Å²) in [7, 11) is 0. The fourth-order valence-electron chi connectivity index (χ4n) is 2.57. The summed E-state index contributed by atoms with van der Waals surface area (Å²) in [6.45, 7) is 5.45. The van der Waals surface area contributed by atoms with Gasteiger partial charge in [0.15, 0.2) is 5.78 Å². The molecule has 1 aliphatic rings. The van der Waals surface area contributed by atoms with E-state index in [1.807, 2.05) is 4.90 Å². The van der Waals surface area contributed by atoms with E-state index in [9.17, 15) is 9.59 Å². The van der Waals surface area contributed by atoms with Crippen molar-refractivity contribution < 1.29 is 9.59 Å². The lowest BCUT2D eigenvalue weighted by Crippen LogP contribution is -2.49. The van der Waals surface area contributed by atoms with Crippen LogP contribution in [0.1, 0.15) is 36.5 Å². The van der Waals surface area contributed by atoms with Crippen LogP contribution in [0.3, 0.4) is 0 Å². The van der Waals surface area contributed by atoms with Gasteiger partial charge in [-0.1, -0.05) is 24.9 Å². The Balaban J connectivity index is 1.78. The molecule has 0 atom stereocenters. The predicted molar refractivity (Wildman–Crippen MR) is 88.3 cm³/mol. The Bertz CT molecular complexity index is 508. The van der Waals surface area contributed by atoms with Crippen molar-refractivity contribution in [1.82, 2.24) is 9.80 Å². The average Bonchev–Trinajstić information content (AvgIpc) is 2.54. The van der Waals surface area contributed by atoms with Gasteiger partial charge < -0.3 is 4.90 Å². The molecule has 1 amide bonds. The number of Topliss-reactive ketones (excluding diaryl/α,β-unsaturated/α-hetero) is 1. The van der Waals surface area contributed by atoms with Gasteiger partial charge in [0.05, 0.1) is 6.54 Å². The number of carbonyl (C=O) groups excluding carboxylic acids is 2. The van der Waals surface area contributed by atoms with Crippen LogP contribution < -0.4 is 0 Å². The molecule has 2 rings (SSSR count). The summed E-state index contributed by atoms with van der Waals surface area (Å²) in [4.78, 5) is 28.2. The van der Waals surface area contributed by atoms with Crippen molar-refractivity contribution in [3.63, 3.8) is 0 Å². The topological polar surface area (TPSA) is 40.6 Å². The minimum atomic E-state index is 0.0995. The first-order valence-corrected chi connectivity index (χ1v) is 8.27. The van der Waals surface area contributed by atoms with E-state index in [1.165, 1.54) is 0 Å². The lowest BCUT2D eigenvalue weighted by atomic mass is 10.1. The fraction of sp³-hybridized carbons (Fsp3) is 0.529. The van der Waals surface area contributed by atoms with E-state index in [0.717, 1.165) is 39.0 Å². The third-order valence-corrected chi connectivity index (χ3v) is 4.25. The zero-order valence-electron chi connectivity index (χ0n) is 13.1. The third-order valence-electron chi connectivity index (χ3n) is 4.00. The van der Waals surface area contributed by atoms with Crippen LogP contribution in [-0.2, 0) is 4.79 Å². The van der Waals surface area contributed by atoms with Crippen molar-refractivity contribution in [2.75, 3.05) is 32.7 Å². The van der Waals surface area contributed by atoms with Gasteiger partial charge in [-0.2, -0.15) is 0 Å². The molecule has 0 unspecified atom stereocenters. The Labute approximate surface area is 137 Å². The average molecular weight is 323 g/mol. The molecule has 0 bridgehead atoms. The van der Waals surface area contributed by atoms with E-state index in [4.69, 9.17) is 11.6 Å². The highest BCUT2D eigenvalue weighted by Crippen LogP contribution is 2.12. The molecule has 1 aromatic rings. The van der Waals surface area contributed by atoms with Crippen molar-refractivity contribution in [3.8, 4) is 0 Å². The molecular weight excluding hydrogens is 300 g/mol. The second kappa shape index (κ2) is 8.30. The van der Waals surface area contributed by atoms with Gasteiger partial charge in [-0.3, -0.25) is 14.5 Å². The van der Waals surface area contributed by atoms with Gasteiger partial charge in [0, 0.05) is 43.2 Å². The number of halogens is 1. The van der Waals surface area contributed by atoms with Gasteiger partial charge >= 0.3 is 0 Å². The Morgan fingerprint density at radius 1 is 1.09 bits per heavy atom. The lowest BCUT2D eigenvalue weighted by Gasteiger charge is -2.34. The van der Waals surface area contributed by atoms with Gasteiger partial charge in [0.1, 0.15) is 0 Å². The second-order valence-corrected chi connectivity index (χ2v) is 6.13. The summed E-state index contributed by atoms with van der Waals surface area (Å²) in [5.74, 6) is 0.341. The highest BCUT2D eigenvalue weighted by Gasteiger charge is 2.22. The number of hydrogen-bond donors (Lipinski definition) is 0. The number of ketones is 1. The standard InChI is InChI=1S/C17H23ClN2O2/c1-2-3-4-17(22)20-11-9-19(10-12-20)13-16(21)14-5-7-15(18)8-6-14/h5-8H,2-4,9-13H2,1H3. The molecule has 1 fully saturated rings. The van der Waals surface area contributed by atoms with Crippen LogP contribution in [0.5, 0.6) is 0 Å². The molecule has 0 saturated carbocycles. The molecule has 1 aliphatic heterocycles. The molecule has 0 radical (unpaired) electrons. The predicted octanol–water partition coefficient (Wildman–Crippen LogP) is 2.86. The molecule has 0 aromatic heterocycles. The summed E-state index contributed by atoms with van der Waals surface area (Å²) >= 11 is 5.83. The molecule has 0 N–H and O–H groups in total. The van der Waals surface area contributed by atoms with E-state index in [1.54, 1.807) is 24.3 Å². The van der Waals surface area contributed by atoms with Crippen molar-refractivity contribution in [1.29, 1.82) is 0 Å². The van der Waals surface area contributed by atoms with Crippen molar-refractivity contribution in [2.45, 2.75) is 26.2 Å². The van der Waals surface area contributed by atoms with E-state index in [0.29, 0.717) is 23.6 Å². The molecule has 1 aromatic carbocycles. The Hall–Kier alpha value is -1.39. The highest BCUT2D eigenvalue weighted by atomic mass is 35.5. The minimum absolute atomic E-state index is 0.0995. The summed E-state index contributed by atoms with van der Waals surface area (Å²) in [5.41, 5.74) is 0.686. The quantitative estimate of drug-likeness (QED) is 0.756. The van der Waals surface area contributed by atoms with Crippen LogP contribution in [0.4, 0.5) is 0 Å². The van der Waals surface area contributed by atoms with Crippen molar-refractivity contribution in [3.05, 3.63) is 34.9 Å². The molecule has 120 valence electrons. The normalized spacial score (nSPS) is 15.8. The largest absolute Gasteiger partial charge is 0.340 e. The highest BCUT2D eigenvalue weighted by molar-refractivity contribution is 6.30. The molecule has 1 heterocycles. The summed E-state index contributed by atoms with van der Waals surface area (Å²) < 4.78 is 0. The number of carbonyl (C=O) groups is 2. The third kappa shape index (κ3) is 4.82. The van der Waals surface area contributed by atoms with Gasteiger partial charge in [0.25, 0.3) is 0 Å².